The Balaban J connectivity index is 2.03. The maximum absolute atomic E-state index is 6.87. The van der Waals surface area contributed by atoms with Crippen LogP contribution in [0.5, 0.6) is 5.75 Å². The molecule has 0 saturated heterocycles. The van der Waals surface area contributed by atoms with Crippen LogP contribution in [0.25, 0.3) is 0 Å². The third-order valence-electron chi connectivity index (χ3n) is 5.28. The van der Waals surface area contributed by atoms with Gasteiger partial charge in [0.15, 0.2) is 0 Å². The summed E-state index contributed by atoms with van der Waals surface area (Å²) in [5.41, 5.74) is 8.24. The zero-order valence-electron chi connectivity index (χ0n) is 14.1. The standard InChI is InChI=1S/C19H31NO/c1-14(2)18-10-5-15(3)13-19(18,20)12-11-16-6-8-17(21-4)9-7-16/h6-9,14-15,18H,5,10-13,20H2,1-4H3. The van der Waals surface area contributed by atoms with Crippen LogP contribution < -0.4 is 10.5 Å². The largest absolute Gasteiger partial charge is 0.497 e. The summed E-state index contributed by atoms with van der Waals surface area (Å²) in [6.45, 7) is 7.01. The van der Waals surface area contributed by atoms with E-state index >= 15 is 0 Å². The highest BCUT2D eigenvalue weighted by Gasteiger charge is 2.40. The van der Waals surface area contributed by atoms with E-state index in [2.05, 4.69) is 32.9 Å². The quantitative estimate of drug-likeness (QED) is 0.871. The molecule has 1 aromatic rings. The Hall–Kier alpha value is -1.02. The van der Waals surface area contributed by atoms with Gasteiger partial charge in [-0.05, 0) is 61.1 Å². The molecule has 2 rings (SSSR count). The molecule has 21 heavy (non-hydrogen) atoms. The maximum Gasteiger partial charge on any atom is 0.118 e. The summed E-state index contributed by atoms with van der Waals surface area (Å²) < 4.78 is 5.22. The highest BCUT2D eigenvalue weighted by atomic mass is 16.5. The first-order valence-corrected chi connectivity index (χ1v) is 8.36. The van der Waals surface area contributed by atoms with Crippen LogP contribution in [-0.2, 0) is 6.42 Å². The minimum absolute atomic E-state index is 0.00572. The average Bonchev–Trinajstić information content (AvgIpc) is 2.45. The van der Waals surface area contributed by atoms with Crippen molar-refractivity contribution < 1.29 is 4.74 Å². The molecule has 2 nitrogen and oxygen atoms in total. The second-order valence-electron chi connectivity index (χ2n) is 7.32. The average molecular weight is 289 g/mol. The summed E-state index contributed by atoms with van der Waals surface area (Å²) >= 11 is 0. The topological polar surface area (TPSA) is 35.2 Å². The molecule has 0 heterocycles. The second kappa shape index (κ2) is 6.83. The lowest BCUT2D eigenvalue weighted by Crippen LogP contribution is -2.53. The molecule has 118 valence electrons. The van der Waals surface area contributed by atoms with Gasteiger partial charge in [-0.15, -0.1) is 0 Å². The highest BCUT2D eigenvalue weighted by Crippen LogP contribution is 2.41. The van der Waals surface area contributed by atoms with E-state index in [-0.39, 0.29) is 5.54 Å². The van der Waals surface area contributed by atoms with E-state index in [0.29, 0.717) is 11.8 Å². The lowest BCUT2D eigenvalue weighted by Gasteiger charge is -2.46. The summed E-state index contributed by atoms with van der Waals surface area (Å²) in [5.74, 6) is 3.03. The van der Waals surface area contributed by atoms with Crippen molar-refractivity contribution in [3.8, 4) is 5.75 Å². The van der Waals surface area contributed by atoms with Crippen LogP contribution in [0.3, 0.4) is 0 Å². The monoisotopic (exact) mass is 289 g/mol. The van der Waals surface area contributed by atoms with Crippen LogP contribution in [0.1, 0.15) is 52.0 Å². The molecule has 1 saturated carbocycles. The molecule has 3 unspecified atom stereocenters. The lowest BCUT2D eigenvalue weighted by atomic mass is 9.63. The van der Waals surface area contributed by atoms with Crippen molar-refractivity contribution in [2.24, 2.45) is 23.5 Å². The van der Waals surface area contributed by atoms with Crippen molar-refractivity contribution in [1.82, 2.24) is 0 Å². The van der Waals surface area contributed by atoms with Crippen LogP contribution in [0, 0.1) is 17.8 Å². The van der Waals surface area contributed by atoms with Crippen LogP contribution >= 0.6 is 0 Å². The third-order valence-corrected chi connectivity index (χ3v) is 5.28. The van der Waals surface area contributed by atoms with E-state index in [9.17, 15) is 0 Å². The molecule has 0 aliphatic heterocycles. The number of methoxy groups -OCH3 is 1. The van der Waals surface area contributed by atoms with Gasteiger partial charge in [-0.25, -0.2) is 0 Å². The first kappa shape index (κ1) is 16.4. The summed E-state index contributed by atoms with van der Waals surface area (Å²) in [6.07, 6.45) is 5.96. The van der Waals surface area contributed by atoms with E-state index in [1.165, 1.54) is 24.8 Å². The van der Waals surface area contributed by atoms with E-state index in [4.69, 9.17) is 10.5 Å². The molecule has 1 aromatic carbocycles. The molecular weight excluding hydrogens is 258 g/mol. The van der Waals surface area contributed by atoms with E-state index in [0.717, 1.165) is 24.5 Å². The molecule has 1 aliphatic rings. The van der Waals surface area contributed by atoms with Crippen LogP contribution in [0.2, 0.25) is 0 Å². The Labute approximate surface area is 130 Å². The van der Waals surface area contributed by atoms with Gasteiger partial charge in [0.25, 0.3) is 0 Å². The summed E-state index contributed by atoms with van der Waals surface area (Å²) in [4.78, 5) is 0. The molecular formula is C19H31NO. The van der Waals surface area contributed by atoms with Crippen LogP contribution in [0.15, 0.2) is 24.3 Å². The molecule has 1 fully saturated rings. The normalized spacial score (nSPS) is 29.6. The summed E-state index contributed by atoms with van der Waals surface area (Å²) in [6, 6.07) is 8.42. The zero-order valence-corrected chi connectivity index (χ0v) is 14.1. The Morgan fingerprint density at radius 3 is 2.48 bits per heavy atom. The first-order chi connectivity index (χ1) is 9.94. The molecule has 0 aromatic heterocycles. The number of hydrogen-bond donors (Lipinski definition) is 1. The molecule has 0 amide bonds. The van der Waals surface area contributed by atoms with Gasteiger partial charge in [-0.1, -0.05) is 39.3 Å². The SMILES string of the molecule is COc1ccc(CCC2(N)CC(C)CCC2C(C)C)cc1. The molecule has 0 radical (unpaired) electrons. The van der Waals surface area contributed by atoms with Crippen molar-refractivity contribution in [2.75, 3.05) is 7.11 Å². The first-order valence-electron chi connectivity index (χ1n) is 8.36. The van der Waals surface area contributed by atoms with Crippen molar-refractivity contribution in [3.05, 3.63) is 29.8 Å². The Morgan fingerprint density at radius 2 is 1.90 bits per heavy atom. The molecule has 2 heteroatoms. The minimum Gasteiger partial charge on any atom is -0.497 e. The Bertz CT molecular complexity index is 439. The fraction of sp³-hybridized carbons (Fsp3) is 0.684. The van der Waals surface area contributed by atoms with Gasteiger partial charge in [-0.2, -0.15) is 0 Å². The van der Waals surface area contributed by atoms with E-state index in [1.807, 2.05) is 12.1 Å². The molecule has 0 bridgehead atoms. The Kier molecular flexibility index (Phi) is 5.32. The molecule has 0 spiro atoms. The zero-order chi connectivity index (χ0) is 15.5. The van der Waals surface area contributed by atoms with Gasteiger partial charge in [0.2, 0.25) is 0 Å². The highest BCUT2D eigenvalue weighted by molar-refractivity contribution is 5.27. The van der Waals surface area contributed by atoms with E-state index < -0.39 is 0 Å². The maximum atomic E-state index is 6.87. The van der Waals surface area contributed by atoms with Crippen molar-refractivity contribution in [2.45, 2.75) is 58.4 Å². The van der Waals surface area contributed by atoms with Gasteiger partial charge < -0.3 is 10.5 Å². The fourth-order valence-electron chi connectivity index (χ4n) is 4.11. The minimum atomic E-state index is 0.00572. The smallest absolute Gasteiger partial charge is 0.118 e. The van der Waals surface area contributed by atoms with Gasteiger partial charge >= 0.3 is 0 Å². The van der Waals surface area contributed by atoms with Crippen molar-refractivity contribution in [1.29, 1.82) is 0 Å². The van der Waals surface area contributed by atoms with Crippen molar-refractivity contribution in [3.63, 3.8) is 0 Å². The number of hydrogen-bond acceptors (Lipinski definition) is 2. The number of nitrogens with two attached hydrogens (primary N) is 1. The van der Waals surface area contributed by atoms with Gasteiger partial charge in [-0.3, -0.25) is 0 Å². The molecule has 3 atom stereocenters. The van der Waals surface area contributed by atoms with Gasteiger partial charge in [0.1, 0.15) is 5.75 Å². The summed E-state index contributed by atoms with van der Waals surface area (Å²) in [7, 11) is 1.71. The fourth-order valence-corrected chi connectivity index (χ4v) is 4.11. The lowest BCUT2D eigenvalue weighted by molar-refractivity contribution is 0.102. The predicted molar refractivity (Wildman–Crippen MR) is 89.6 cm³/mol. The summed E-state index contributed by atoms with van der Waals surface area (Å²) in [5, 5.41) is 0. The molecule has 1 aliphatic carbocycles. The Morgan fingerprint density at radius 1 is 1.24 bits per heavy atom. The van der Waals surface area contributed by atoms with Crippen LogP contribution in [-0.4, -0.2) is 12.6 Å². The van der Waals surface area contributed by atoms with E-state index in [1.54, 1.807) is 7.11 Å². The molecule has 2 N–H and O–H groups in total. The third kappa shape index (κ3) is 4.00. The number of benzene rings is 1. The number of aryl methyl sites for hydroxylation is 1. The number of rotatable bonds is 5. The number of ether oxygens (including phenoxy) is 1. The van der Waals surface area contributed by atoms with Gasteiger partial charge in [0.05, 0.1) is 7.11 Å². The van der Waals surface area contributed by atoms with Crippen LogP contribution in [0.4, 0.5) is 0 Å². The van der Waals surface area contributed by atoms with Gasteiger partial charge in [0, 0.05) is 5.54 Å². The van der Waals surface area contributed by atoms with Crippen molar-refractivity contribution >= 4 is 0 Å². The second-order valence-corrected chi connectivity index (χ2v) is 7.32. The predicted octanol–water partition coefficient (Wildman–Crippen LogP) is 4.42.